The Hall–Kier alpha value is -2.18. The van der Waals surface area contributed by atoms with Crippen molar-refractivity contribution >= 4 is 26.3 Å². The molecule has 1 aliphatic heterocycles. The van der Waals surface area contributed by atoms with Crippen LogP contribution in [0.3, 0.4) is 0 Å². The van der Waals surface area contributed by atoms with Crippen LogP contribution in [0.15, 0.2) is 40.6 Å². The molecule has 170 valence electrons. The molecular formula is C26H32N2O2S2. The van der Waals surface area contributed by atoms with Crippen molar-refractivity contribution in [1.29, 1.82) is 0 Å². The van der Waals surface area contributed by atoms with Crippen LogP contribution in [0.25, 0.3) is 0 Å². The van der Waals surface area contributed by atoms with Gasteiger partial charge in [-0.15, -0.1) is 11.3 Å². The van der Waals surface area contributed by atoms with Gasteiger partial charge in [0.15, 0.2) is 15.0 Å². The van der Waals surface area contributed by atoms with Crippen LogP contribution in [0, 0.1) is 34.6 Å². The lowest BCUT2D eigenvalue weighted by molar-refractivity contribution is 0.528. The smallest absolute Gasteiger partial charge is 0.185 e. The summed E-state index contributed by atoms with van der Waals surface area (Å²) in [7, 11) is -3.33. The molecule has 1 fully saturated rings. The molecule has 1 aromatic heterocycles. The molecule has 0 unspecified atom stereocenters. The topological polar surface area (TPSA) is 50.3 Å². The Morgan fingerprint density at radius 1 is 0.938 bits per heavy atom. The van der Waals surface area contributed by atoms with Crippen molar-refractivity contribution in [2.75, 3.05) is 18.0 Å². The third-order valence-corrected chi connectivity index (χ3v) is 10.0. The van der Waals surface area contributed by atoms with Gasteiger partial charge in [-0.1, -0.05) is 35.9 Å². The van der Waals surface area contributed by atoms with Gasteiger partial charge >= 0.3 is 0 Å². The summed E-state index contributed by atoms with van der Waals surface area (Å²) in [6.45, 7) is 11.6. The van der Waals surface area contributed by atoms with Gasteiger partial charge < -0.3 is 4.90 Å². The van der Waals surface area contributed by atoms with Crippen molar-refractivity contribution < 1.29 is 8.42 Å². The maximum atomic E-state index is 13.4. The second-order valence-corrected chi connectivity index (χ2v) is 12.2. The van der Waals surface area contributed by atoms with Gasteiger partial charge in [0.1, 0.15) is 0 Å². The Morgan fingerprint density at radius 2 is 1.59 bits per heavy atom. The van der Waals surface area contributed by atoms with Gasteiger partial charge in [-0.05, 0) is 75.3 Å². The van der Waals surface area contributed by atoms with Crippen LogP contribution in [-0.2, 0) is 16.3 Å². The summed E-state index contributed by atoms with van der Waals surface area (Å²) in [5.41, 5.74) is 7.80. The summed E-state index contributed by atoms with van der Waals surface area (Å²) in [4.78, 5) is 7.64. The molecule has 1 saturated heterocycles. The number of aryl methyl sites for hydroxylation is 5. The number of nitrogens with zero attached hydrogens (tertiary/aromatic N) is 2. The fourth-order valence-corrected chi connectivity index (χ4v) is 7.84. The van der Waals surface area contributed by atoms with E-state index in [0.29, 0.717) is 17.7 Å². The standard InChI is InChI=1S/C26H32N2O2S2/c1-17-12-20(4)25(21(5)13-17)32(29,30)24-8-10-28(11-9-24)26-27-23(16-31-26)15-22-7-6-18(2)19(3)14-22/h6-7,12-14,16,24H,8-11,15H2,1-5H3. The molecule has 0 atom stereocenters. The second kappa shape index (κ2) is 8.99. The molecule has 0 saturated carbocycles. The maximum absolute atomic E-state index is 13.4. The number of piperidine rings is 1. The molecule has 0 aliphatic carbocycles. The van der Waals surface area contributed by atoms with Gasteiger partial charge in [0.05, 0.1) is 15.8 Å². The largest absolute Gasteiger partial charge is 0.348 e. The number of thiazole rings is 1. The van der Waals surface area contributed by atoms with E-state index in [9.17, 15) is 8.42 Å². The summed E-state index contributed by atoms with van der Waals surface area (Å²) >= 11 is 1.66. The van der Waals surface area contributed by atoms with E-state index in [0.717, 1.165) is 47.0 Å². The predicted molar refractivity (Wildman–Crippen MR) is 134 cm³/mol. The minimum Gasteiger partial charge on any atom is -0.348 e. The molecule has 6 heteroatoms. The van der Waals surface area contributed by atoms with Gasteiger partial charge in [0.2, 0.25) is 0 Å². The SMILES string of the molecule is Cc1cc(C)c(S(=O)(=O)C2CCN(c3nc(Cc4ccc(C)c(C)c4)cs3)CC2)c(C)c1. The maximum Gasteiger partial charge on any atom is 0.185 e. The Kier molecular flexibility index (Phi) is 6.46. The summed E-state index contributed by atoms with van der Waals surface area (Å²) in [6, 6.07) is 10.5. The van der Waals surface area contributed by atoms with E-state index < -0.39 is 9.84 Å². The lowest BCUT2D eigenvalue weighted by atomic mass is 10.0. The fraction of sp³-hybridized carbons (Fsp3) is 0.423. The molecule has 0 radical (unpaired) electrons. The molecule has 2 aromatic carbocycles. The number of sulfone groups is 1. The first-order valence-electron chi connectivity index (χ1n) is 11.2. The first kappa shape index (κ1) is 23.0. The minimum absolute atomic E-state index is 0.325. The molecule has 0 N–H and O–H groups in total. The van der Waals surface area contributed by atoms with Gasteiger partial charge in [0.25, 0.3) is 0 Å². The zero-order chi connectivity index (χ0) is 23.0. The van der Waals surface area contributed by atoms with Crippen LogP contribution in [0.2, 0.25) is 0 Å². The quantitative estimate of drug-likeness (QED) is 0.481. The second-order valence-electron chi connectivity index (χ2n) is 9.18. The van der Waals surface area contributed by atoms with E-state index in [-0.39, 0.29) is 5.25 Å². The molecular weight excluding hydrogens is 436 g/mol. The number of benzene rings is 2. The number of hydrogen-bond acceptors (Lipinski definition) is 5. The molecule has 2 heterocycles. The first-order chi connectivity index (χ1) is 15.1. The van der Waals surface area contributed by atoms with Crippen LogP contribution >= 0.6 is 11.3 Å². The van der Waals surface area contributed by atoms with Gasteiger partial charge in [0, 0.05) is 24.9 Å². The van der Waals surface area contributed by atoms with Crippen LogP contribution in [0.4, 0.5) is 5.13 Å². The Labute approximate surface area is 196 Å². The van der Waals surface area contributed by atoms with E-state index in [1.54, 1.807) is 11.3 Å². The van der Waals surface area contributed by atoms with Crippen LogP contribution in [0.5, 0.6) is 0 Å². The van der Waals surface area contributed by atoms with Gasteiger partial charge in [-0.3, -0.25) is 0 Å². The van der Waals surface area contributed by atoms with Crippen LogP contribution in [0.1, 0.15) is 51.9 Å². The highest BCUT2D eigenvalue weighted by molar-refractivity contribution is 7.92. The Bertz CT molecular complexity index is 1210. The van der Waals surface area contributed by atoms with E-state index >= 15 is 0 Å². The minimum atomic E-state index is -3.33. The van der Waals surface area contributed by atoms with E-state index in [2.05, 4.69) is 42.3 Å². The van der Waals surface area contributed by atoms with E-state index in [4.69, 9.17) is 4.98 Å². The summed E-state index contributed by atoms with van der Waals surface area (Å²) < 4.78 is 26.8. The third kappa shape index (κ3) is 4.62. The van der Waals surface area contributed by atoms with Gasteiger partial charge in [-0.2, -0.15) is 0 Å². The number of hydrogen-bond donors (Lipinski definition) is 0. The Balaban J connectivity index is 1.43. The van der Waals surface area contributed by atoms with Crippen LogP contribution in [-0.4, -0.2) is 31.7 Å². The molecule has 4 rings (SSSR count). The number of aromatic nitrogens is 1. The third-order valence-electron chi connectivity index (χ3n) is 6.54. The van der Waals surface area contributed by atoms with Crippen molar-refractivity contribution in [2.45, 2.75) is 64.0 Å². The molecule has 0 amide bonds. The highest BCUT2D eigenvalue weighted by Crippen LogP contribution is 2.32. The fourth-order valence-electron chi connectivity index (χ4n) is 4.78. The molecule has 0 bridgehead atoms. The van der Waals surface area contributed by atoms with Crippen molar-refractivity contribution in [2.24, 2.45) is 0 Å². The van der Waals surface area contributed by atoms with Crippen molar-refractivity contribution in [3.05, 3.63) is 74.8 Å². The highest BCUT2D eigenvalue weighted by atomic mass is 32.2. The zero-order valence-electron chi connectivity index (χ0n) is 19.6. The van der Waals surface area contributed by atoms with Crippen molar-refractivity contribution in [1.82, 2.24) is 4.98 Å². The lowest BCUT2D eigenvalue weighted by Gasteiger charge is -2.32. The average molecular weight is 469 g/mol. The lowest BCUT2D eigenvalue weighted by Crippen LogP contribution is -2.39. The zero-order valence-corrected chi connectivity index (χ0v) is 21.2. The summed E-state index contributed by atoms with van der Waals surface area (Å²) in [5, 5.41) is 2.81. The number of anilines is 1. The monoisotopic (exact) mass is 468 g/mol. The van der Waals surface area contributed by atoms with Gasteiger partial charge in [-0.25, -0.2) is 13.4 Å². The molecule has 32 heavy (non-hydrogen) atoms. The number of rotatable bonds is 5. The molecule has 1 aliphatic rings. The Morgan fingerprint density at radius 3 is 2.22 bits per heavy atom. The first-order valence-corrected chi connectivity index (χ1v) is 13.6. The van der Waals surface area contributed by atoms with Crippen molar-refractivity contribution in [3.63, 3.8) is 0 Å². The predicted octanol–water partition coefficient (Wildman–Crippen LogP) is 5.72. The normalized spacial score (nSPS) is 15.3. The van der Waals surface area contributed by atoms with E-state index in [1.807, 2.05) is 32.9 Å². The summed E-state index contributed by atoms with van der Waals surface area (Å²) in [6.07, 6.45) is 2.11. The molecule has 4 nitrogen and oxygen atoms in total. The summed E-state index contributed by atoms with van der Waals surface area (Å²) in [5.74, 6) is 0. The average Bonchev–Trinajstić information content (AvgIpc) is 3.18. The van der Waals surface area contributed by atoms with Crippen molar-refractivity contribution in [3.8, 4) is 0 Å². The molecule has 0 spiro atoms. The van der Waals surface area contributed by atoms with Crippen LogP contribution < -0.4 is 4.90 Å². The highest BCUT2D eigenvalue weighted by Gasteiger charge is 2.34. The molecule has 3 aromatic rings. The van der Waals surface area contributed by atoms with E-state index in [1.165, 1.54) is 16.7 Å².